The maximum absolute atomic E-state index is 12.6. The molecule has 1 saturated heterocycles. The molecule has 0 bridgehead atoms. The number of nitrogens with zero attached hydrogens (tertiary/aromatic N) is 2. The lowest BCUT2D eigenvalue weighted by Gasteiger charge is -2.18. The third-order valence-electron chi connectivity index (χ3n) is 4.42. The van der Waals surface area contributed by atoms with Crippen LogP contribution in [0, 0.1) is 5.92 Å². The van der Waals surface area contributed by atoms with Gasteiger partial charge in [0.15, 0.2) is 11.5 Å². The van der Waals surface area contributed by atoms with Crippen molar-refractivity contribution < 1.29 is 14.3 Å². The summed E-state index contributed by atoms with van der Waals surface area (Å²) in [6, 6.07) is 5.75. The van der Waals surface area contributed by atoms with Crippen molar-refractivity contribution in [3.8, 4) is 22.1 Å². The average Bonchev–Trinajstić information content (AvgIpc) is 3.30. The van der Waals surface area contributed by atoms with Crippen LogP contribution in [0.25, 0.3) is 10.6 Å². The van der Waals surface area contributed by atoms with Crippen molar-refractivity contribution >= 4 is 42.1 Å². The van der Waals surface area contributed by atoms with E-state index < -0.39 is 0 Å². The van der Waals surface area contributed by atoms with Crippen molar-refractivity contribution in [2.24, 2.45) is 11.7 Å². The molecule has 3 heterocycles. The molecular weight excluding hydrogens is 397 g/mol. The van der Waals surface area contributed by atoms with Gasteiger partial charge in [-0.2, -0.15) is 0 Å². The number of likely N-dealkylation sites (tertiary alicyclic amines) is 1. The zero-order valence-electron chi connectivity index (χ0n) is 14.1. The predicted molar refractivity (Wildman–Crippen MR) is 106 cm³/mol. The Morgan fingerprint density at radius 2 is 2.04 bits per heavy atom. The zero-order chi connectivity index (χ0) is 16.5. The van der Waals surface area contributed by atoms with Gasteiger partial charge >= 0.3 is 0 Å². The van der Waals surface area contributed by atoms with Crippen LogP contribution >= 0.6 is 36.2 Å². The molecule has 1 unspecified atom stereocenters. The van der Waals surface area contributed by atoms with Gasteiger partial charge in [-0.3, -0.25) is 4.79 Å². The van der Waals surface area contributed by atoms with E-state index in [2.05, 4.69) is 4.98 Å². The topological polar surface area (TPSA) is 77.7 Å². The molecule has 142 valence electrons. The zero-order valence-corrected chi connectivity index (χ0v) is 16.5. The number of aromatic nitrogens is 1. The molecule has 0 saturated carbocycles. The van der Waals surface area contributed by atoms with Crippen LogP contribution in [0.4, 0.5) is 0 Å². The number of hydrogen-bond acceptors (Lipinski definition) is 6. The van der Waals surface area contributed by atoms with Crippen LogP contribution in [0.15, 0.2) is 23.6 Å². The quantitative estimate of drug-likeness (QED) is 0.830. The highest BCUT2D eigenvalue weighted by Crippen LogP contribution is 2.35. The standard InChI is InChI=1S/C17H19N3O3S.2ClH/c18-8-11-3-4-20(9-11)17(21)13-10-24-16(19-13)12-1-2-14-15(7-12)23-6-5-22-14;;/h1-2,7,10-11H,3-6,8-9,18H2;2*1H. The highest BCUT2D eigenvalue weighted by molar-refractivity contribution is 7.13. The summed E-state index contributed by atoms with van der Waals surface area (Å²) in [5.41, 5.74) is 7.13. The predicted octanol–water partition coefficient (Wildman–Crippen LogP) is 2.85. The van der Waals surface area contributed by atoms with Crippen LogP contribution in [-0.4, -0.2) is 48.6 Å². The highest BCUT2D eigenvalue weighted by atomic mass is 35.5. The Bertz CT molecular complexity index is 771. The van der Waals surface area contributed by atoms with Crippen LogP contribution in [0.2, 0.25) is 0 Å². The monoisotopic (exact) mass is 417 g/mol. The second-order valence-corrected chi connectivity index (χ2v) is 6.90. The van der Waals surface area contributed by atoms with Crippen molar-refractivity contribution in [1.82, 2.24) is 9.88 Å². The number of hydrogen-bond donors (Lipinski definition) is 1. The average molecular weight is 418 g/mol. The normalized spacial score (nSPS) is 18.0. The van der Waals surface area contributed by atoms with Crippen molar-refractivity contribution in [3.05, 3.63) is 29.3 Å². The molecular formula is C17H21Cl2N3O3S. The van der Waals surface area contributed by atoms with E-state index in [1.165, 1.54) is 11.3 Å². The smallest absolute Gasteiger partial charge is 0.273 e. The van der Waals surface area contributed by atoms with E-state index >= 15 is 0 Å². The molecule has 2 aliphatic rings. The maximum atomic E-state index is 12.6. The molecule has 2 aliphatic heterocycles. The number of ether oxygens (including phenoxy) is 2. The summed E-state index contributed by atoms with van der Waals surface area (Å²) in [6.07, 6.45) is 0.974. The van der Waals surface area contributed by atoms with Crippen LogP contribution in [-0.2, 0) is 0 Å². The van der Waals surface area contributed by atoms with Gasteiger partial charge in [-0.1, -0.05) is 0 Å². The first-order valence-electron chi connectivity index (χ1n) is 8.09. The number of rotatable bonds is 3. The van der Waals surface area contributed by atoms with E-state index in [1.807, 2.05) is 28.5 Å². The molecule has 1 fully saturated rings. The van der Waals surface area contributed by atoms with Crippen LogP contribution in [0.3, 0.4) is 0 Å². The van der Waals surface area contributed by atoms with E-state index in [0.29, 0.717) is 31.4 Å². The van der Waals surface area contributed by atoms with Gasteiger partial charge < -0.3 is 20.1 Å². The minimum absolute atomic E-state index is 0. The fourth-order valence-electron chi connectivity index (χ4n) is 3.05. The number of nitrogens with two attached hydrogens (primary N) is 1. The Labute approximate surface area is 168 Å². The lowest BCUT2D eigenvalue weighted by Crippen LogP contribution is -2.30. The summed E-state index contributed by atoms with van der Waals surface area (Å²) in [7, 11) is 0. The number of fused-ring (bicyclic) bond motifs is 1. The molecule has 26 heavy (non-hydrogen) atoms. The van der Waals surface area contributed by atoms with Crippen molar-refractivity contribution in [2.75, 3.05) is 32.8 Å². The molecule has 2 N–H and O–H groups in total. The van der Waals surface area contributed by atoms with Gasteiger partial charge in [-0.15, -0.1) is 36.2 Å². The Hall–Kier alpha value is -1.54. The van der Waals surface area contributed by atoms with Gasteiger partial charge in [-0.25, -0.2) is 4.98 Å². The second-order valence-electron chi connectivity index (χ2n) is 6.04. The lowest BCUT2D eigenvalue weighted by molar-refractivity contribution is 0.0782. The van der Waals surface area contributed by atoms with Gasteiger partial charge in [0.1, 0.15) is 23.9 Å². The lowest BCUT2D eigenvalue weighted by atomic mass is 10.1. The van der Waals surface area contributed by atoms with E-state index in [1.54, 1.807) is 0 Å². The summed E-state index contributed by atoms with van der Waals surface area (Å²) in [4.78, 5) is 18.9. The van der Waals surface area contributed by atoms with Gasteiger partial charge in [0.25, 0.3) is 5.91 Å². The van der Waals surface area contributed by atoms with Crippen LogP contribution < -0.4 is 15.2 Å². The molecule has 1 atom stereocenters. The van der Waals surface area contributed by atoms with Gasteiger partial charge in [0.2, 0.25) is 0 Å². The number of carbonyl (C=O) groups excluding carboxylic acids is 1. The first-order valence-corrected chi connectivity index (χ1v) is 8.97. The molecule has 1 aromatic heterocycles. The first kappa shape index (κ1) is 20.8. The van der Waals surface area contributed by atoms with E-state index in [9.17, 15) is 4.79 Å². The Morgan fingerprint density at radius 3 is 2.77 bits per heavy atom. The summed E-state index contributed by atoms with van der Waals surface area (Å²) in [5.74, 6) is 1.88. The minimum atomic E-state index is -0.00834. The third-order valence-corrected chi connectivity index (χ3v) is 5.31. The summed E-state index contributed by atoms with van der Waals surface area (Å²) >= 11 is 1.47. The number of halogens is 2. The summed E-state index contributed by atoms with van der Waals surface area (Å²) in [5, 5.41) is 2.63. The summed E-state index contributed by atoms with van der Waals surface area (Å²) in [6.45, 7) is 3.24. The maximum Gasteiger partial charge on any atom is 0.273 e. The van der Waals surface area contributed by atoms with Crippen molar-refractivity contribution in [1.29, 1.82) is 0 Å². The third kappa shape index (κ3) is 4.06. The van der Waals surface area contributed by atoms with Gasteiger partial charge in [0, 0.05) is 24.0 Å². The fourth-order valence-corrected chi connectivity index (χ4v) is 3.84. The Morgan fingerprint density at radius 1 is 1.27 bits per heavy atom. The molecule has 6 nitrogen and oxygen atoms in total. The molecule has 0 radical (unpaired) electrons. The molecule has 2 aromatic rings. The fraction of sp³-hybridized carbons (Fsp3) is 0.412. The minimum Gasteiger partial charge on any atom is -0.486 e. The first-order chi connectivity index (χ1) is 11.7. The molecule has 0 aliphatic carbocycles. The Balaban J connectivity index is 0.00000121. The Kier molecular flexibility index (Phi) is 7.11. The van der Waals surface area contributed by atoms with Gasteiger partial charge in [-0.05, 0) is 37.1 Å². The van der Waals surface area contributed by atoms with Crippen molar-refractivity contribution in [3.63, 3.8) is 0 Å². The van der Waals surface area contributed by atoms with Crippen LogP contribution in [0.5, 0.6) is 11.5 Å². The number of benzene rings is 1. The molecule has 0 spiro atoms. The second kappa shape index (κ2) is 8.90. The molecule has 9 heteroatoms. The SMILES string of the molecule is Cl.Cl.NCC1CCN(C(=O)c2csc(-c3ccc4c(c3)OCCO4)n2)C1. The van der Waals surface area contributed by atoms with Crippen molar-refractivity contribution in [2.45, 2.75) is 6.42 Å². The largest absolute Gasteiger partial charge is 0.486 e. The van der Waals surface area contributed by atoms with E-state index in [4.69, 9.17) is 15.2 Å². The van der Waals surface area contributed by atoms with Crippen LogP contribution in [0.1, 0.15) is 16.9 Å². The molecule has 4 rings (SSSR count). The molecule has 1 amide bonds. The number of carbonyl (C=O) groups is 1. The number of thiazole rings is 1. The highest BCUT2D eigenvalue weighted by Gasteiger charge is 2.27. The van der Waals surface area contributed by atoms with E-state index in [-0.39, 0.29) is 30.7 Å². The van der Waals surface area contributed by atoms with E-state index in [0.717, 1.165) is 41.6 Å². The van der Waals surface area contributed by atoms with Gasteiger partial charge in [0.05, 0.1) is 0 Å². The summed E-state index contributed by atoms with van der Waals surface area (Å²) < 4.78 is 11.1. The number of amides is 1. The molecule has 1 aromatic carbocycles.